The first-order valence-corrected chi connectivity index (χ1v) is 17.2. The Morgan fingerprint density at radius 3 is 2.36 bits per heavy atom. The van der Waals surface area contributed by atoms with Crippen LogP contribution in [0.2, 0.25) is 10.0 Å². The van der Waals surface area contributed by atoms with Gasteiger partial charge in [-0.15, -0.1) is 0 Å². The Morgan fingerprint density at radius 1 is 0.956 bits per heavy atom. The lowest BCUT2D eigenvalue weighted by Crippen LogP contribution is -2.37. The van der Waals surface area contributed by atoms with E-state index in [9.17, 15) is 27.9 Å². The van der Waals surface area contributed by atoms with Crippen molar-refractivity contribution in [1.29, 1.82) is 0 Å². The molecule has 0 saturated carbocycles. The lowest BCUT2D eigenvalue weighted by Gasteiger charge is -2.23. The topological polar surface area (TPSA) is 133 Å². The van der Waals surface area contributed by atoms with Gasteiger partial charge >= 0.3 is 0 Å². The average Bonchev–Trinajstić information content (AvgIpc) is 2.98. The van der Waals surface area contributed by atoms with Gasteiger partial charge in [0, 0.05) is 58.9 Å². The summed E-state index contributed by atoms with van der Waals surface area (Å²) in [5.41, 5.74) is 2.36. The van der Waals surface area contributed by atoms with Crippen LogP contribution in [0.1, 0.15) is 44.2 Å². The van der Waals surface area contributed by atoms with Gasteiger partial charge in [0.2, 0.25) is 11.8 Å². The van der Waals surface area contributed by atoms with E-state index in [-0.39, 0.29) is 52.1 Å². The maximum Gasteiger partial charge on any atom is 0.264 e. The molecular weight excluding hydrogens is 657 g/mol. The van der Waals surface area contributed by atoms with Gasteiger partial charge < -0.3 is 15.3 Å². The number of aliphatic hydroxyl groups excluding tert-OH is 1. The Kier molecular flexibility index (Phi) is 13.7. The molecule has 3 aromatic carbocycles. The second-order valence-electron chi connectivity index (χ2n) is 10.6. The minimum absolute atomic E-state index is 0.0995. The summed E-state index contributed by atoms with van der Waals surface area (Å²) in [5.74, 6) is -1.37. The molecule has 3 amide bonds. The number of hydrogen-bond donors (Lipinski definition) is 4. The smallest absolute Gasteiger partial charge is 0.264 e. The highest BCUT2D eigenvalue weighted by Crippen LogP contribution is 2.33. The Balaban J connectivity index is 1.69. The summed E-state index contributed by atoms with van der Waals surface area (Å²) in [5, 5.41) is 13.1. The molecule has 2 atom stereocenters. The molecule has 3 N–H and O–H groups in total. The molecule has 13 heteroatoms. The number of amides is 3. The number of carbonyl (C=O) groups excluding carboxylic acids is 3. The van der Waals surface area contributed by atoms with Gasteiger partial charge in [-0.3, -0.25) is 14.4 Å². The van der Waals surface area contributed by atoms with Crippen molar-refractivity contribution in [2.24, 2.45) is 0 Å². The van der Waals surface area contributed by atoms with Gasteiger partial charge in [-0.25, -0.2) is 13.1 Å². The lowest BCUT2D eigenvalue weighted by atomic mass is 10.0. The fourth-order valence-corrected chi connectivity index (χ4v) is 6.61. The maximum absolute atomic E-state index is 12.9. The molecule has 0 heterocycles. The van der Waals surface area contributed by atoms with E-state index >= 15 is 0 Å². The van der Waals surface area contributed by atoms with Crippen molar-refractivity contribution >= 4 is 63.6 Å². The van der Waals surface area contributed by atoms with E-state index in [1.165, 1.54) is 12.1 Å². The summed E-state index contributed by atoms with van der Waals surface area (Å²) >= 11 is 17.3. The van der Waals surface area contributed by atoms with E-state index in [2.05, 4.69) is 17.9 Å². The molecule has 0 aliphatic rings. The van der Waals surface area contributed by atoms with E-state index in [0.29, 0.717) is 42.0 Å². The van der Waals surface area contributed by atoms with Crippen LogP contribution in [-0.2, 0) is 37.4 Å². The first kappa shape index (κ1) is 36.4. The third-order valence-corrected chi connectivity index (χ3v) is 9.13. The summed E-state index contributed by atoms with van der Waals surface area (Å²) in [4.78, 5) is 38.9. The highest BCUT2D eigenvalue weighted by atomic mass is 35.5. The van der Waals surface area contributed by atoms with Crippen LogP contribution in [0.5, 0.6) is 0 Å². The monoisotopic (exact) mass is 693 g/mol. The normalized spacial score (nSPS) is 12.7. The summed E-state index contributed by atoms with van der Waals surface area (Å²) in [6, 6.07) is 18.5. The van der Waals surface area contributed by atoms with Gasteiger partial charge in [0.25, 0.3) is 15.9 Å². The second kappa shape index (κ2) is 17.0. The van der Waals surface area contributed by atoms with Gasteiger partial charge in [0.15, 0.2) is 0 Å². The molecule has 0 unspecified atom stereocenters. The van der Waals surface area contributed by atoms with Gasteiger partial charge in [-0.1, -0.05) is 72.6 Å². The predicted molar refractivity (Wildman–Crippen MR) is 180 cm³/mol. The van der Waals surface area contributed by atoms with Gasteiger partial charge in [0.1, 0.15) is 6.10 Å². The van der Waals surface area contributed by atoms with Crippen LogP contribution in [0.25, 0.3) is 11.1 Å². The van der Waals surface area contributed by atoms with Crippen molar-refractivity contribution in [1.82, 2.24) is 14.9 Å². The average molecular weight is 695 g/mol. The minimum Gasteiger partial charge on any atom is -0.384 e. The molecule has 0 spiro atoms. The Labute approximate surface area is 279 Å². The summed E-state index contributed by atoms with van der Waals surface area (Å²) in [6.07, 6.45) is 0.175. The molecule has 3 rings (SSSR count). The Bertz CT molecular complexity index is 1620. The molecule has 0 aliphatic carbocycles. The molecule has 0 aromatic heterocycles. The number of halogens is 2. The van der Waals surface area contributed by atoms with Gasteiger partial charge in [0.05, 0.1) is 4.90 Å². The number of thiol groups is 1. The molecule has 0 bridgehead atoms. The number of hydrogen-bond acceptors (Lipinski definition) is 7. The zero-order chi connectivity index (χ0) is 33.1. The molecule has 0 fully saturated rings. The second-order valence-corrected chi connectivity index (χ2v) is 13.8. The van der Waals surface area contributed by atoms with E-state index < -0.39 is 22.0 Å². The largest absolute Gasteiger partial charge is 0.384 e. The fourth-order valence-electron chi connectivity index (χ4n) is 4.52. The lowest BCUT2D eigenvalue weighted by molar-refractivity contribution is -0.132. The minimum atomic E-state index is -4.31. The van der Waals surface area contributed by atoms with Crippen molar-refractivity contribution in [2.75, 3.05) is 13.1 Å². The van der Waals surface area contributed by atoms with Crippen LogP contribution in [0, 0.1) is 0 Å². The maximum atomic E-state index is 12.9. The number of rotatable bonds is 15. The van der Waals surface area contributed by atoms with E-state index in [4.69, 9.17) is 23.2 Å². The van der Waals surface area contributed by atoms with Crippen LogP contribution in [0.4, 0.5) is 0 Å². The number of nitrogens with one attached hydrogen (secondary N) is 2. The van der Waals surface area contributed by atoms with Crippen LogP contribution in [0.15, 0.2) is 71.6 Å². The highest BCUT2D eigenvalue weighted by molar-refractivity contribution is 7.90. The quantitative estimate of drug-likeness (QED) is 0.165. The molecule has 0 radical (unpaired) electrons. The summed E-state index contributed by atoms with van der Waals surface area (Å²) < 4.78 is 27.7. The van der Waals surface area contributed by atoms with E-state index in [0.717, 1.165) is 12.5 Å². The molecule has 45 heavy (non-hydrogen) atoms. The van der Waals surface area contributed by atoms with E-state index in [1.54, 1.807) is 41.3 Å². The van der Waals surface area contributed by atoms with Crippen LogP contribution in [0.3, 0.4) is 0 Å². The fraction of sp³-hybridized carbons (Fsp3) is 0.344. The molecule has 242 valence electrons. The third-order valence-electron chi connectivity index (χ3n) is 6.81. The van der Waals surface area contributed by atoms with Crippen molar-refractivity contribution in [3.05, 3.63) is 87.9 Å². The Hall–Kier alpha value is -3.09. The summed E-state index contributed by atoms with van der Waals surface area (Å²) in [6.45, 7) is 3.81. The first-order valence-electron chi connectivity index (χ1n) is 14.4. The number of carbonyl (C=O) groups is 3. The Morgan fingerprint density at radius 2 is 1.69 bits per heavy atom. The van der Waals surface area contributed by atoms with Crippen molar-refractivity contribution in [3.8, 4) is 11.1 Å². The molecule has 0 saturated heterocycles. The number of aliphatic hydroxyl groups is 1. The van der Waals surface area contributed by atoms with Crippen LogP contribution in [-0.4, -0.2) is 60.6 Å². The molecule has 9 nitrogen and oxygen atoms in total. The zero-order valence-corrected chi connectivity index (χ0v) is 28.2. The SMILES string of the molecule is CCCC(=O)N(CCC(=O)NC[C@@H](S)Cc1cccc(Cl)c1)Cc1ccc(-c2ccccc2S(=O)(=O)NC(=O)[C@H](C)O)c(Cl)c1. The molecular formula is C32H37Cl2N3O6S2. The van der Waals surface area contributed by atoms with E-state index in [1.807, 2.05) is 29.8 Å². The predicted octanol–water partition coefficient (Wildman–Crippen LogP) is 5.02. The third kappa shape index (κ3) is 11.0. The highest BCUT2D eigenvalue weighted by Gasteiger charge is 2.25. The number of benzene rings is 3. The molecule has 0 aliphatic heterocycles. The number of sulfonamides is 1. The first-order chi connectivity index (χ1) is 21.3. The van der Waals surface area contributed by atoms with Crippen molar-refractivity contribution in [2.45, 2.75) is 62.3 Å². The van der Waals surface area contributed by atoms with Crippen molar-refractivity contribution in [3.63, 3.8) is 0 Å². The number of nitrogens with zero attached hydrogens (tertiary/aromatic N) is 1. The van der Waals surface area contributed by atoms with Crippen molar-refractivity contribution < 1.29 is 27.9 Å². The van der Waals surface area contributed by atoms with Gasteiger partial charge in [-0.05, 0) is 55.2 Å². The van der Waals surface area contributed by atoms with Crippen LogP contribution < -0.4 is 10.0 Å². The summed E-state index contributed by atoms with van der Waals surface area (Å²) in [7, 11) is -4.31. The van der Waals surface area contributed by atoms with Gasteiger partial charge in [-0.2, -0.15) is 12.6 Å². The molecule has 3 aromatic rings. The van der Waals surface area contributed by atoms with Crippen LogP contribution >= 0.6 is 35.8 Å². The standard InChI is InChI=1S/C32H37Cl2N3O6S2/c1-3-7-31(40)37(15-14-30(39)35-19-25(44)17-22-8-6-9-24(33)16-22)20-23-12-13-26(28(34)18-23)27-10-4-5-11-29(27)45(42,43)36-32(41)21(2)38/h4-6,8-13,16,18,21,25,38,44H,3,7,14-15,17,19-20H2,1-2H3,(H,35,39)(H,36,41)/t21-,25-/m0/s1. The zero-order valence-electron chi connectivity index (χ0n) is 25.0.